The van der Waals surface area contributed by atoms with Gasteiger partial charge in [-0.1, -0.05) is 12.1 Å². The number of hydrogen-bond donors (Lipinski definition) is 0. The van der Waals surface area contributed by atoms with E-state index < -0.39 is 9.84 Å². The number of carbonyl (C=O) groups is 1. The molecule has 0 aromatic heterocycles. The van der Waals surface area contributed by atoms with Crippen molar-refractivity contribution in [2.75, 3.05) is 6.26 Å². The first-order valence-corrected chi connectivity index (χ1v) is 5.66. The number of benzene rings is 1. The van der Waals surface area contributed by atoms with E-state index in [2.05, 4.69) is 0 Å². The van der Waals surface area contributed by atoms with Crippen molar-refractivity contribution < 1.29 is 13.2 Å². The third-order valence-electron chi connectivity index (χ3n) is 1.67. The molecule has 70 valence electrons. The van der Waals surface area contributed by atoms with Crippen LogP contribution < -0.4 is 0 Å². The summed E-state index contributed by atoms with van der Waals surface area (Å²) >= 11 is 0. The first-order chi connectivity index (χ1) is 6.04. The average molecular weight is 198 g/mol. The third kappa shape index (κ3) is 2.66. The molecule has 0 fully saturated rings. The molecule has 0 aliphatic heterocycles. The lowest BCUT2D eigenvalue weighted by atomic mass is 10.2. The fourth-order valence-electron chi connectivity index (χ4n) is 0.969. The van der Waals surface area contributed by atoms with E-state index in [0.717, 1.165) is 18.1 Å². The van der Waals surface area contributed by atoms with Crippen molar-refractivity contribution in [3.05, 3.63) is 29.8 Å². The molecule has 4 heteroatoms. The average Bonchev–Trinajstić information content (AvgIpc) is 2.04. The van der Waals surface area contributed by atoms with Crippen LogP contribution in [0.15, 0.2) is 29.2 Å². The van der Waals surface area contributed by atoms with E-state index in [-0.39, 0.29) is 4.90 Å². The van der Waals surface area contributed by atoms with Gasteiger partial charge in [0.15, 0.2) is 9.84 Å². The minimum Gasteiger partial charge on any atom is -0.303 e. The molecule has 0 spiro atoms. The van der Waals surface area contributed by atoms with Gasteiger partial charge in [-0.3, -0.25) is 0 Å². The molecule has 0 saturated heterocycles. The molecule has 0 radical (unpaired) electrons. The van der Waals surface area contributed by atoms with E-state index in [4.69, 9.17) is 0 Å². The van der Waals surface area contributed by atoms with E-state index in [1.54, 1.807) is 12.1 Å². The normalized spacial score (nSPS) is 11.2. The van der Waals surface area contributed by atoms with Crippen molar-refractivity contribution in [1.29, 1.82) is 0 Å². The summed E-state index contributed by atoms with van der Waals surface area (Å²) < 4.78 is 22.1. The molecule has 0 aliphatic rings. The van der Waals surface area contributed by atoms with Crippen LogP contribution in [0.2, 0.25) is 0 Å². The number of hydrogen-bond acceptors (Lipinski definition) is 3. The lowest BCUT2D eigenvalue weighted by Gasteiger charge is -1.98. The minimum absolute atomic E-state index is 0.280. The Hall–Kier alpha value is -1.16. The van der Waals surface area contributed by atoms with Crippen molar-refractivity contribution in [2.24, 2.45) is 0 Å². The molecule has 0 aliphatic carbocycles. The number of sulfone groups is 1. The Morgan fingerprint density at radius 1 is 1.23 bits per heavy atom. The number of carbonyl (C=O) groups excluding carboxylic acids is 1. The van der Waals surface area contributed by atoms with Crippen molar-refractivity contribution in [1.82, 2.24) is 0 Å². The molecule has 0 saturated carbocycles. The van der Waals surface area contributed by atoms with Crippen LogP contribution in [0.4, 0.5) is 0 Å². The van der Waals surface area contributed by atoms with Gasteiger partial charge in [-0.15, -0.1) is 0 Å². The number of rotatable bonds is 3. The van der Waals surface area contributed by atoms with Gasteiger partial charge in [0.25, 0.3) is 0 Å². The second-order valence-electron chi connectivity index (χ2n) is 2.79. The second-order valence-corrected chi connectivity index (χ2v) is 4.80. The highest BCUT2D eigenvalue weighted by atomic mass is 32.2. The zero-order chi connectivity index (χ0) is 9.90. The van der Waals surface area contributed by atoms with Crippen molar-refractivity contribution in [3.63, 3.8) is 0 Å². The smallest absolute Gasteiger partial charge is 0.175 e. The lowest BCUT2D eigenvalue weighted by Crippen LogP contribution is -1.97. The largest absolute Gasteiger partial charge is 0.303 e. The predicted molar refractivity (Wildman–Crippen MR) is 49.3 cm³/mol. The van der Waals surface area contributed by atoms with Gasteiger partial charge in [0.05, 0.1) is 4.90 Å². The molecule has 0 N–H and O–H groups in total. The Labute approximate surface area is 77.3 Å². The maximum absolute atomic E-state index is 11.0. The molecule has 0 unspecified atom stereocenters. The summed E-state index contributed by atoms with van der Waals surface area (Å²) in [5.41, 5.74) is 0.822. The van der Waals surface area contributed by atoms with Gasteiger partial charge >= 0.3 is 0 Å². The Kier molecular flexibility index (Phi) is 2.83. The fourth-order valence-corrected chi connectivity index (χ4v) is 1.60. The predicted octanol–water partition coefficient (Wildman–Crippen LogP) is 0.832. The maximum Gasteiger partial charge on any atom is 0.175 e. The highest BCUT2D eigenvalue weighted by Gasteiger charge is 2.05. The summed E-state index contributed by atoms with van der Waals surface area (Å²) in [5.74, 6) is 0. The molecular formula is C9H10O3S. The van der Waals surface area contributed by atoms with E-state index in [1.165, 1.54) is 12.1 Å². The van der Waals surface area contributed by atoms with Crippen molar-refractivity contribution in [3.8, 4) is 0 Å². The highest BCUT2D eigenvalue weighted by molar-refractivity contribution is 7.90. The fraction of sp³-hybridized carbons (Fsp3) is 0.222. The van der Waals surface area contributed by atoms with Crippen LogP contribution in [-0.4, -0.2) is 21.0 Å². The minimum atomic E-state index is -3.12. The molecule has 3 nitrogen and oxygen atoms in total. The standard InChI is InChI=1S/C9H10O3S/c1-13(11,12)9-4-2-8(3-5-9)6-7-10/h2-5,7H,6H2,1H3. The van der Waals surface area contributed by atoms with Crippen LogP contribution in [0.25, 0.3) is 0 Å². The summed E-state index contributed by atoms with van der Waals surface area (Å²) in [5, 5.41) is 0. The second kappa shape index (κ2) is 3.70. The summed E-state index contributed by atoms with van der Waals surface area (Å²) in [4.78, 5) is 10.4. The highest BCUT2D eigenvalue weighted by Crippen LogP contribution is 2.09. The van der Waals surface area contributed by atoms with Gasteiger partial charge in [-0.05, 0) is 17.7 Å². The lowest BCUT2D eigenvalue weighted by molar-refractivity contribution is -0.107. The Morgan fingerprint density at radius 3 is 2.15 bits per heavy atom. The van der Waals surface area contributed by atoms with Gasteiger partial charge in [-0.25, -0.2) is 8.42 Å². The van der Waals surface area contributed by atoms with E-state index in [9.17, 15) is 13.2 Å². The van der Waals surface area contributed by atoms with Crippen molar-refractivity contribution in [2.45, 2.75) is 11.3 Å². The topological polar surface area (TPSA) is 51.2 Å². The van der Waals surface area contributed by atoms with Crippen LogP contribution in [0.3, 0.4) is 0 Å². The quantitative estimate of drug-likeness (QED) is 0.676. The molecule has 0 heterocycles. The summed E-state index contributed by atoms with van der Waals surface area (Å²) in [6.45, 7) is 0. The van der Waals surface area contributed by atoms with Crippen LogP contribution in [0.1, 0.15) is 5.56 Å². The van der Waals surface area contributed by atoms with Crippen LogP contribution in [-0.2, 0) is 21.1 Å². The zero-order valence-electron chi connectivity index (χ0n) is 7.23. The SMILES string of the molecule is CS(=O)(=O)c1ccc(CC=O)cc1. The monoisotopic (exact) mass is 198 g/mol. The molecule has 1 aromatic rings. The molecular weight excluding hydrogens is 188 g/mol. The maximum atomic E-state index is 11.0. The van der Waals surface area contributed by atoms with Crippen LogP contribution >= 0.6 is 0 Å². The van der Waals surface area contributed by atoms with Crippen LogP contribution in [0.5, 0.6) is 0 Å². The summed E-state index contributed by atoms with van der Waals surface area (Å²) in [7, 11) is -3.12. The Morgan fingerprint density at radius 2 is 1.77 bits per heavy atom. The van der Waals surface area contributed by atoms with E-state index in [1.807, 2.05) is 0 Å². The van der Waals surface area contributed by atoms with Gasteiger partial charge in [-0.2, -0.15) is 0 Å². The first kappa shape index (κ1) is 9.92. The Balaban J connectivity index is 3.01. The van der Waals surface area contributed by atoms with E-state index in [0.29, 0.717) is 6.42 Å². The summed E-state index contributed by atoms with van der Waals surface area (Å²) in [6, 6.07) is 6.30. The first-order valence-electron chi connectivity index (χ1n) is 3.76. The van der Waals surface area contributed by atoms with Gasteiger partial charge in [0, 0.05) is 12.7 Å². The number of aldehydes is 1. The Bertz CT molecular complexity index is 389. The molecule has 0 bridgehead atoms. The zero-order valence-corrected chi connectivity index (χ0v) is 8.04. The van der Waals surface area contributed by atoms with Gasteiger partial charge in [0.2, 0.25) is 0 Å². The summed E-state index contributed by atoms with van der Waals surface area (Å²) in [6.07, 6.45) is 2.27. The molecule has 1 rings (SSSR count). The molecule has 1 aromatic carbocycles. The van der Waals surface area contributed by atoms with E-state index >= 15 is 0 Å². The van der Waals surface area contributed by atoms with Crippen LogP contribution in [0, 0.1) is 0 Å². The molecule has 13 heavy (non-hydrogen) atoms. The third-order valence-corrected chi connectivity index (χ3v) is 2.80. The molecule has 0 atom stereocenters. The molecule has 0 amide bonds. The van der Waals surface area contributed by atoms with Gasteiger partial charge in [0.1, 0.15) is 6.29 Å². The van der Waals surface area contributed by atoms with Crippen molar-refractivity contribution >= 4 is 16.1 Å². The van der Waals surface area contributed by atoms with Gasteiger partial charge < -0.3 is 4.79 Å².